The van der Waals surface area contributed by atoms with E-state index in [1.54, 1.807) is 18.2 Å². The molecule has 1 N–H and O–H groups in total. The number of non-ortho nitro benzene ring substituents is 1. The Morgan fingerprint density at radius 2 is 2.00 bits per heavy atom. The van der Waals surface area contributed by atoms with E-state index in [0.717, 1.165) is 0 Å². The second-order valence-corrected chi connectivity index (χ2v) is 5.33. The number of carbonyl (C=O) groups is 1. The van der Waals surface area contributed by atoms with Crippen molar-refractivity contribution in [2.75, 3.05) is 0 Å². The van der Waals surface area contributed by atoms with Crippen molar-refractivity contribution in [2.24, 2.45) is 0 Å². The van der Waals surface area contributed by atoms with Gasteiger partial charge in [0.2, 0.25) is 0 Å². The van der Waals surface area contributed by atoms with Crippen molar-refractivity contribution in [2.45, 2.75) is 9.79 Å². The fourth-order valence-electron chi connectivity index (χ4n) is 1.51. The zero-order chi connectivity index (χ0) is 14.7. The van der Waals surface area contributed by atoms with E-state index in [9.17, 15) is 14.9 Å². The molecule has 0 bridgehead atoms. The van der Waals surface area contributed by atoms with Gasteiger partial charge in [0, 0.05) is 21.9 Å². The van der Waals surface area contributed by atoms with Crippen LogP contribution in [-0.4, -0.2) is 16.0 Å². The molecule has 0 spiro atoms. The molecule has 0 unspecified atom stereocenters. The normalized spacial score (nSPS) is 10.2. The van der Waals surface area contributed by atoms with Gasteiger partial charge in [-0.2, -0.15) is 0 Å². The molecule has 102 valence electrons. The molecule has 2 aromatic carbocycles. The minimum atomic E-state index is -1.01. The summed E-state index contributed by atoms with van der Waals surface area (Å²) < 4.78 is 0. The predicted octanol–water partition coefficient (Wildman–Crippen LogP) is 4.10. The molecule has 0 fully saturated rings. The molecule has 0 radical (unpaired) electrons. The topological polar surface area (TPSA) is 80.4 Å². The lowest BCUT2D eigenvalue weighted by Crippen LogP contribution is -1.95. The maximum Gasteiger partial charge on any atom is 0.335 e. The van der Waals surface area contributed by atoms with Crippen LogP contribution in [0.4, 0.5) is 5.69 Å². The van der Waals surface area contributed by atoms with Crippen molar-refractivity contribution in [1.29, 1.82) is 0 Å². The minimum Gasteiger partial charge on any atom is -0.478 e. The van der Waals surface area contributed by atoms with Gasteiger partial charge in [-0.25, -0.2) is 4.79 Å². The Morgan fingerprint density at radius 1 is 1.25 bits per heavy atom. The predicted molar refractivity (Wildman–Crippen MR) is 75.6 cm³/mol. The van der Waals surface area contributed by atoms with Crippen LogP contribution in [0.3, 0.4) is 0 Å². The molecule has 0 amide bonds. The number of benzene rings is 2. The van der Waals surface area contributed by atoms with Gasteiger partial charge in [-0.15, -0.1) is 0 Å². The summed E-state index contributed by atoms with van der Waals surface area (Å²) in [5.41, 5.74) is 0.0895. The van der Waals surface area contributed by atoms with E-state index in [1.807, 2.05) is 0 Å². The number of nitro groups is 1. The highest BCUT2D eigenvalue weighted by atomic mass is 35.5. The summed E-state index contributed by atoms with van der Waals surface area (Å²) in [5.74, 6) is -1.01. The fourth-order valence-corrected chi connectivity index (χ4v) is 2.68. The maximum atomic E-state index is 10.9. The first-order valence-electron chi connectivity index (χ1n) is 5.42. The van der Waals surface area contributed by atoms with Gasteiger partial charge in [-0.3, -0.25) is 10.1 Å². The van der Waals surface area contributed by atoms with Crippen LogP contribution >= 0.6 is 23.4 Å². The van der Waals surface area contributed by atoms with E-state index >= 15 is 0 Å². The van der Waals surface area contributed by atoms with Gasteiger partial charge in [0.25, 0.3) is 5.69 Å². The van der Waals surface area contributed by atoms with E-state index in [-0.39, 0.29) is 16.3 Å². The molecule has 5 nitrogen and oxygen atoms in total. The van der Waals surface area contributed by atoms with E-state index in [0.29, 0.717) is 9.79 Å². The second-order valence-electron chi connectivity index (χ2n) is 3.81. The van der Waals surface area contributed by atoms with E-state index in [1.165, 1.54) is 36.0 Å². The van der Waals surface area contributed by atoms with Crippen molar-refractivity contribution in [3.63, 3.8) is 0 Å². The molecule has 2 rings (SSSR count). The second kappa shape index (κ2) is 5.94. The van der Waals surface area contributed by atoms with Crippen LogP contribution in [0.5, 0.6) is 0 Å². The smallest absolute Gasteiger partial charge is 0.335 e. The largest absolute Gasteiger partial charge is 0.478 e. The molecule has 20 heavy (non-hydrogen) atoms. The zero-order valence-electron chi connectivity index (χ0n) is 9.95. The average molecular weight is 310 g/mol. The highest BCUT2D eigenvalue weighted by Crippen LogP contribution is 2.35. The van der Waals surface area contributed by atoms with Crippen molar-refractivity contribution >= 4 is 35.0 Å². The van der Waals surface area contributed by atoms with Crippen LogP contribution in [-0.2, 0) is 0 Å². The van der Waals surface area contributed by atoms with Gasteiger partial charge in [0.05, 0.1) is 15.5 Å². The quantitative estimate of drug-likeness (QED) is 0.679. The summed E-state index contributed by atoms with van der Waals surface area (Å²) in [4.78, 5) is 22.3. The van der Waals surface area contributed by atoms with E-state index in [4.69, 9.17) is 16.7 Å². The molecule has 0 saturated carbocycles. The fraction of sp³-hybridized carbons (Fsp3) is 0. The molecular formula is C13H8ClNO4S. The molecular weight excluding hydrogens is 302 g/mol. The minimum absolute atomic E-state index is 0.0846. The van der Waals surface area contributed by atoms with Crippen molar-refractivity contribution in [3.8, 4) is 0 Å². The van der Waals surface area contributed by atoms with Crippen molar-refractivity contribution < 1.29 is 14.8 Å². The maximum absolute atomic E-state index is 10.9. The van der Waals surface area contributed by atoms with Gasteiger partial charge >= 0.3 is 5.97 Å². The first-order valence-corrected chi connectivity index (χ1v) is 6.62. The molecule has 0 heterocycles. The number of aromatic carboxylic acids is 1. The Hall–Kier alpha value is -2.05. The van der Waals surface area contributed by atoms with Crippen LogP contribution in [0.25, 0.3) is 0 Å². The van der Waals surface area contributed by atoms with Crippen molar-refractivity contribution in [1.82, 2.24) is 0 Å². The summed E-state index contributed by atoms with van der Waals surface area (Å²) in [6.07, 6.45) is 0. The summed E-state index contributed by atoms with van der Waals surface area (Å²) in [6.45, 7) is 0. The Morgan fingerprint density at radius 3 is 2.60 bits per heavy atom. The molecule has 0 atom stereocenters. The Labute approximate surface area is 123 Å². The highest BCUT2D eigenvalue weighted by molar-refractivity contribution is 7.99. The Bertz CT molecular complexity index is 690. The zero-order valence-corrected chi connectivity index (χ0v) is 11.5. The van der Waals surface area contributed by atoms with Crippen LogP contribution in [0.2, 0.25) is 5.02 Å². The number of hydrogen-bond acceptors (Lipinski definition) is 4. The summed E-state index contributed by atoms with van der Waals surface area (Å²) >= 11 is 7.23. The van der Waals surface area contributed by atoms with Crippen LogP contribution in [0.1, 0.15) is 10.4 Å². The standard InChI is InChI=1S/C13H8ClNO4S/c14-11-7-9(15(18)19)4-5-12(11)20-10-3-1-2-8(6-10)13(16)17/h1-7H,(H,16,17). The summed E-state index contributed by atoms with van der Waals surface area (Å²) in [7, 11) is 0. The SMILES string of the molecule is O=C(O)c1cccc(Sc2ccc([N+](=O)[O-])cc2Cl)c1. The molecule has 0 aromatic heterocycles. The lowest BCUT2D eigenvalue weighted by Gasteiger charge is -2.05. The number of rotatable bonds is 4. The number of halogens is 1. The third-order valence-corrected chi connectivity index (χ3v) is 3.93. The Balaban J connectivity index is 2.28. The Kier molecular flexibility index (Phi) is 4.26. The summed E-state index contributed by atoms with van der Waals surface area (Å²) in [6, 6.07) is 10.5. The van der Waals surface area contributed by atoms with Gasteiger partial charge in [0.1, 0.15) is 0 Å². The van der Waals surface area contributed by atoms with Gasteiger partial charge in [0.15, 0.2) is 0 Å². The average Bonchev–Trinajstić information content (AvgIpc) is 2.41. The molecule has 0 aliphatic rings. The number of nitro benzene ring substituents is 1. The number of hydrogen-bond donors (Lipinski definition) is 1. The van der Waals surface area contributed by atoms with E-state index in [2.05, 4.69) is 0 Å². The van der Waals surface area contributed by atoms with E-state index < -0.39 is 10.9 Å². The lowest BCUT2D eigenvalue weighted by molar-refractivity contribution is -0.384. The first-order chi connectivity index (χ1) is 9.47. The third-order valence-electron chi connectivity index (χ3n) is 2.44. The third kappa shape index (κ3) is 3.28. The monoisotopic (exact) mass is 309 g/mol. The van der Waals surface area contributed by atoms with Crippen LogP contribution in [0, 0.1) is 10.1 Å². The molecule has 0 aliphatic heterocycles. The van der Waals surface area contributed by atoms with Crippen molar-refractivity contribution in [3.05, 3.63) is 63.2 Å². The van der Waals surface area contributed by atoms with Gasteiger partial charge < -0.3 is 5.11 Å². The number of carboxylic acids is 1. The highest BCUT2D eigenvalue weighted by Gasteiger charge is 2.11. The molecule has 0 saturated heterocycles. The van der Waals surface area contributed by atoms with Gasteiger partial charge in [-0.05, 0) is 24.3 Å². The number of carboxylic acid groups (broad SMARTS) is 1. The molecule has 2 aromatic rings. The van der Waals surface area contributed by atoms with Crippen LogP contribution in [0.15, 0.2) is 52.3 Å². The summed E-state index contributed by atoms with van der Waals surface area (Å²) in [5, 5.41) is 19.8. The number of nitrogens with zero attached hydrogens (tertiary/aromatic N) is 1. The molecule has 0 aliphatic carbocycles. The lowest BCUT2D eigenvalue weighted by atomic mass is 10.2. The first kappa shape index (κ1) is 14.4. The van der Waals surface area contributed by atoms with Gasteiger partial charge in [-0.1, -0.05) is 29.4 Å². The molecule has 7 heteroatoms. The van der Waals surface area contributed by atoms with Crippen LogP contribution < -0.4 is 0 Å².